The van der Waals surface area contributed by atoms with Crippen molar-refractivity contribution in [2.24, 2.45) is 0 Å². The Balaban J connectivity index is 1.56. The number of anilines is 2. The number of hydrogen-bond donors (Lipinski definition) is 2. The van der Waals surface area contributed by atoms with Crippen molar-refractivity contribution in [1.82, 2.24) is 0 Å². The number of para-hydroxylation sites is 1. The van der Waals surface area contributed by atoms with E-state index in [-0.39, 0.29) is 11.8 Å². The van der Waals surface area contributed by atoms with E-state index in [4.69, 9.17) is 9.47 Å². The van der Waals surface area contributed by atoms with E-state index >= 15 is 0 Å². The summed E-state index contributed by atoms with van der Waals surface area (Å²) in [7, 11) is 5.18. The number of likely N-dealkylation sites (N-methyl/N-ethyl adjacent to an activating group) is 1. The number of benzene rings is 2. The molecule has 7 nitrogen and oxygen atoms in total. The largest absolute Gasteiger partial charge is 0.493 e. The molecule has 2 aromatic carbocycles. The molecule has 1 saturated heterocycles. The molecule has 2 N–H and O–H groups in total. The van der Waals surface area contributed by atoms with Gasteiger partial charge in [-0.1, -0.05) is 6.07 Å². The summed E-state index contributed by atoms with van der Waals surface area (Å²) in [4.78, 5) is 27.1. The van der Waals surface area contributed by atoms with Gasteiger partial charge in [-0.3, -0.25) is 9.59 Å². The van der Waals surface area contributed by atoms with E-state index < -0.39 is 0 Å². The van der Waals surface area contributed by atoms with Gasteiger partial charge < -0.3 is 24.6 Å². The van der Waals surface area contributed by atoms with Crippen molar-refractivity contribution in [3.05, 3.63) is 48.0 Å². The number of nitrogens with zero attached hydrogens (tertiary/aromatic N) is 1. The molecule has 0 radical (unpaired) electrons. The highest BCUT2D eigenvalue weighted by Crippen LogP contribution is 2.30. The zero-order valence-corrected chi connectivity index (χ0v) is 17.2. The number of amides is 2. The van der Waals surface area contributed by atoms with Crippen molar-refractivity contribution in [3.63, 3.8) is 0 Å². The minimum absolute atomic E-state index is 0.0747. The zero-order chi connectivity index (χ0) is 20.8. The van der Waals surface area contributed by atoms with E-state index in [1.165, 1.54) is 0 Å². The lowest BCUT2D eigenvalue weighted by Gasteiger charge is -2.18. The summed E-state index contributed by atoms with van der Waals surface area (Å²) in [5.74, 6) is 1.45. The Bertz CT molecular complexity index is 867. The van der Waals surface area contributed by atoms with E-state index in [2.05, 4.69) is 5.32 Å². The number of carbonyl (C=O) groups is 2. The van der Waals surface area contributed by atoms with Crippen LogP contribution in [0.5, 0.6) is 11.5 Å². The van der Waals surface area contributed by atoms with Crippen molar-refractivity contribution in [1.29, 1.82) is 0 Å². The molecule has 0 spiro atoms. The topological polar surface area (TPSA) is 72.3 Å². The zero-order valence-electron chi connectivity index (χ0n) is 17.2. The number of nitrogens with one attached hydrogen (secondary N) is 2. The third-order valence-electron chi connectivity index (χ3n) is 4.98. The highest BCUT2D eigenvalue weighted by Gasteiger charge is 2.21. The van der Waals surface area contributed by atoms with Gasteiger partial charge in [-0.05, 0) is 42.8 Å². The lowest BCUT2D eigenvalue weighted by Crippen LogP contribution is -3.08. The molecule has 1 unspecified atom stereocenters. The van der Waals surface area contributed by atoms with Crippen molar-refractivity contribution in [2.45, 2.75) is 19.4 Å². The van der Waals surface area contributed by atoms with Crippen LogP contribution in [0.3, 0.4) is 0 Å². The minimum atomic E-state index is -0.0747. The lowest BCUT2D eigenvalue weighted by molar-refractivity contribution is -0.885. The fourth-order valence-electron chi connectivity index (χ4n) is 3.61. The smallest absolute Gasteiger partial charge is 0.279 e. The normalized spacial score (nSPS) is 14.6. The molecule has 1 aliphatic heterocycles. The molecule has 0 bridgehead atoms. The summed E-state index contributed by atoms with van der Waals surface area (Å²) >= 11 is 0. The molecule has 2 aromatic rings. The first-order valence-corrected chi connectivity index (χ1v) is 9.73. The average molecular weight is 398 g/mol. The van der Waals surface area contributed by atoms with E-state index in [9.17, 15) is 9.59 Å². The number of carbonyl (C=O) groups excluding carboxylic acids is 2. The van der Waals surface area contributed by atoms with Gasteiger partial charge in [0.25, 0.3) is 5.91 Å². The molecule has 2 amide bonds. The predicted molar refractivity (Wildman–Crippen MR) is 112 cm³/mol. The van der Waals surface area contributed by atoms with Gasteiger partial charge in [-0.15, -0.1) is 0 Å². The van der Waals surface area contributed by atoms with Gasteiger partial charge in [0.05, 0.1) is 26.8 Å². The second kappa shape index (κ2) is 9.43. The van der Waals surface area contributed by atoms with Crippen LogP contribution in [0.4, 0.5) is 11.4 Å². The molecule has 7 heteroatoms. The monoisotopic (exact) mass is 398 g/mol. The Morgan fingerprint density at radius 3 is 2.52 bits per heavy atom. The summed E-state index contributed by atoms with van der Waals surface area (Å²) in [6.07, 6.45) is 1.50. The van der Waals surface area contributed by atoms with Gasteiger partial charge in [0.15, 0.2) is 18.0 Å². The van der Waals surface area contributed by atoms with Crippen LogP contribution < -0.4 is 24.6 Å². The molecule has 0 aliphatic carbocycles. The van der Waals surface area contributed by atoms with Crippen LogP contribution in [0.25, 0.3) is 0 Å². The Labute approximate surface area is 171 Å². The molecule has 1 fully saturated rings. The summed E-state index contributed by atoms with van der Waals surface area (Å²) in [6, 6.07) is 13.1. The van der Waals surface area contributed by atoms with Gasteiger partial charge >= 0.3 is 0 Å². The second-order valence-corrected chi connectivity index (χ2v) is 7.21. The van der Waals surface area contributed by atoms with Crippen molar-refractivity contribution in [3.8, 4) is 11.5 Å². The average Bonchev–Trinajstić information content (AvgIpc) is 3.14. The molecule has 0 saturated carbocycles. The first kappa shape index (κ1) is 20.7. The van der Waals surface area contributed by atoms with Crippen molar-refractivity contribution < 1.29 is 24.0 Å². The van der Waals surface area contributed by atoms with Gasteiger partial charge in [-0.25, -0.2) is 0 Å². The van der Waals surface area contributed by atoms with E-state index in [1.807, 2.05) is 49.5 Å². The van der Waals surface area contributed by atoms with Crippen LogP contribution in [-0.2, 0) is 16.1 Å². The summed E-state index contributed by atoms with van der Waals surface area (Å²) in [5.41, 5.74) is 2.58. The minimum Gasteiger partial charge on any atom is -0.493 e. The van der Waals surface area contributed by atoms with Crippen LogP contribution in [0.2, 0.25) is 0 Å². The third kappa shape index (κ3) is 5.06. The maximum absolute atomic E-state index is 12.4. The van der Waals surface area contributed by atoms with Gasteiger partial charge in [0.1, 0.15) is 6.54 Å². The highest BCUT2D eigenvalue weighted by molar-refractivity contribution is 5.96. The fraction of sp³-hybridized carbons (Fsp3) is 0.364. The first-order valence-electron chi connectivity index (χ1n) is 9.73. The Morgan fingerprint density at radius 1 is 1.14 bits per heavy atom. The molecule has 1 aliphatic rings. The van der Waals surface area contributed by atoms with E-state index in [0.29, 0.717) is 31.0 Å². The SMILES string of the molecule is COc1cccc(C[NH+](C)CC(=O)Nc2ccc(N3CCCC3=O)cc2)c1OC. The molecular formula is C22H28N3O4+. The maximum Gasteiger partial charge on any atom is 0.279 e. The van der Waals surface area contributed by atoms with E-state index in [0.717, 1.165) is 34.8 Å². The maximum atomic E-state index is 12.4. The molecule has 29 heavy (non-hydrogen) atoms. The van der Waals surface area contributed by atoms with Crippen LogP contribution in [0.1, 0.15) is 18.4 Å². The summed E-state index contributed by atoms with van der Waals surface area (Å²) in [5, 5.41) is 2.92. The number of hydrogen-bond acceptors (Lipinski definition) is 4. The number of ether oxygens (including phenoxy) is 2. The van der Waals surface area contributed by atoms with Crippen LogP contribution in [0, 0.1) is 0 Å². The number of rotatable bonds is 8. The number of quaternary nitrogens is 1. The third-order valence-corrected chi connectivity index (χ3v) is 4.98. The molecule has 3 rings (SSSR count). The lowest BCUT2D eigenvalue weighted by atomic mass is 10.1. The number of methoxy groups -OCH3 is 2. The van der Waals surface area contributed by atoms with Crippen LogP contribution in [0.15, 0.2) is 42.5 Å². The molecule has 1 atom stereocenters. The Hall–Kier alpha value is -3.06. The summed E-state index contributed by atoms with van der Waals surface area (Å²) < 4.78 is 10.8. The Morgan fingerprint density at radius 2 is 1.90 bits per heavy atom. The standard InChI is InChI=1S/C22H27N3O4/c1-24(14-16-6-4-7-19(28-2)22(16)29-3)15-20(26)23-17-9-11-18(12-10-17)25-13-5-8-21(25)27/h4,6-7,9-12H,5,8,13-15H2,1-3H3,(H,23,26)/p+1. The van der Waals surface area contributed by atoms with Gasteiger partial charge in [0, 0.05) is 24.3 Å². The fourth-order valence-corrected chi connectivity index (χ4v) is 3.61. The van der Waals surface area contributed by atoms with Gasteiger partial charge in [-0.2, -0.15) is 0 Å². The first-order chi connectivity index (χ1) is 14.0. The molecular weight excluding hydrogens is 370 g/mol. The highest BCUT2D eigenvalue weighted by atomic mass is 16.5. The Kier molecular flexibility index (Phi) is 6.72. The molecule has 0 aromatic heterocycles. The molecule has 1 heterocycles. The predicted octanol–water partition coefficient (Wildman–Crippen LogP) is 1.48. The van der Waals surface area contributed by atoms with Crippen LogP contribution >= 0.6 is 0 Å². The van der Waals surface area contributed by atoms with Gasteiger partial charge in [0.2, 0.25) is 5.91 Å². The van der Waals surface area contributed by atoms with Crippen molar-refractivity contribution in [2.75, 3.05) is 44.6 Å². The van der Waals surface area contributed by atoms with Crippen molar-refractivity contribution >= 4 is 23.2 Å². The quantitative estimate of drug-likeness (QED) is 0.707. The summed E-state index contributed by atoms with van der Waals surface area (Å²) in [6.45, 7) is 1.70. The van der Waals surface area contributed by atoms with Crippen LogP contribution in [-0.4, -0.2) is 46.2 Å². The second-order valence-electron chi connectivity index (χ2n) is 7.21. The molecule has 154 valence electrons. The van der Waals surface area contributed by atoms with E-state index in [1.54, 1.807) is 19.1 Å².